The predicted molar refractivity (Wildman–Crippen MR) is 61.5 cm³/mol. The summed E-state index contributed by atoms with van der Waals surface area (Å²) in [4.78, 5) is 15.5. The van der Waals surface area contributed by atoms with Crippen molar-refractivity contribution in [2.75, 3.05) is 0 Å². The van der Waals surface area contributed by atoms with E-state index in [1.165, 1.54) is 37.0 Å². The molecule has 0 radical (unpaired) electrons. The molecule has 0 unspecified atom stereocenters. The van der Waals surface area contributed by atoms with Crippen molar-refractivity contribution in [3.05, 3.63) is 16.1 Å². The molecule has 3 nitrogen and oxygen atoms in total. The molecule has 1 heterocycles. The third-order valence-corrected chi connectivity index (χ3v) is 3.31. The Morgan fingerprint density at radius 3 is 2.73 bits per heavy atom. The monoisotopic (exact) mass is 227 g/mol. The summed E-state index contributed by atoms with van der Waals surface area (Å²) in [6.07, 6.45) is 8.85. The van der Waals surface area contributed by atoms with Crippen molar-refractivity contribution >= 4 is 17.3 Å². The molecule has 0 saturated carbocycles. The summed E-state index contributed by atoms with van der Waals surface area (Å²) >= 11 is 1.29. The van der Waals surface area contributed by atoms with Gasteiger partial charge >= 0.3 is 5.97 Å². The number of thiazole rings is 1. The van der Waals surface area contributed by atoms with Crippen LogP contribution in [0.5, 0.6) is 0 Å². The summed E-state index contributed by atoms with van der Waals surface area (Å²) in [7, 11) is 0. The molecule has 0 fully saturated rings. The highest BCUT2D eigenvalue weighted by molar-refractivity contribution is 7.13. The predicted octanol–water partition coefficient (Wildman–Crippen LogP) is 3.35. The number of rotatable bonds is 7. The van der Waals surface area contributed by atoms with Crippen molar-refractivity contribution in [3.63, 3.8) is 0 Å². The number of nitrogens with zero attached hydrogens (tertiary/aromatic N) is 1. The Morgan fingerprint density at radius 2 is 2.13 bits per heavy atom. The number of carboxylic acids is 1. The summed E-state index contributed by atoms with van der Waals surface area (Å²) in [5, 5.41) is 8.89. The first-order valence-electron chi connectivity index (χ1n) is 5.42. The van der Waals surface area contributed by atoms with E-state index in [1.807, 2.05) is 0 Å². The average Bonchev–Trinajstić information content (AvgIpc) is 2.66. The van der Waals surface area contributed by atoms with Crippen molar-refractivity contribution in [3.8, 4) is 0 Å². The first-order valence-corrected chi connectivity index (χ1v) is 6.23. The third-order valence-electron chi connectivity index (χ3n) is 2.26. The van der Waals surface area contributed by atoms with Gasteiger partial charge in [-0.2, -0.15) is 0 Å². The van der Waals surface area contributed by atoms with E-state index in [9.17, 15) is 4.79 Å². The zero-order valence-corrected chi connectivity index (χ0v) is 9.85. The number of unbranched alkanes of at least 4 members (excludes halogenated alkanes) is 4. The van der Waals surface area contributed by atoms with E-state index in [0.717, 1.165) is 17.7 Å². The third kappa shape index (κ3) is 4.42. The molecule has 84 valence electrons. The number of carboxylic acid groups (broad SMARTS) is 1. The lowest BCUT2D eigenvalue weighted by atomic mass is 10.1. The van der Waals surface area contributed by atoms with Gasteiger partial charge in [0.05, 0.1) is 0 Å². The van der Waals surface area contributed by atoms with E-state index in [2.05, 4.69) is 11.9 Å². The largest absolute Gasteiger partial charge is 0.476 e. The fraction of sp³-hybridized carbons (Fsp3) is 0.636. The minimum Gasteiger partial charge on any atom is -0.476 e. The lowest BCUT2D eigenvalue weighted by Gasteiger charge is -1.97. The smallest absolute Gasteiger partial charge is 0.365 e. The van der Waals surface area contributed by atoms with Gasteiger partial charge in [0.2, 0.25) is 5.01 Å². The second kappa shape index (κ2) is 6.56. The number of aryl methyl sites for hydroxylation is 1. The number of hydrogen-bond acceptors (Lipinski definition) is 3. The highest BCUT2D eigenvalue weighted by atomic mass is 32.1. The molecule has 0 aromatic carbocycles. The molecule has 0 aliphatic heterocycles. The second-order valence-corrected chi connectivity index (χ2v) is 4.72. The minimum atomic E-state index is -0.919. The van der Waals surface area contributed by atoms with E-state index in [1.54, 1.807) is 6.20 Å². The Labute approximate surface area is 94.2 Å². The van der Waals surface area contributed by atoms with Crippen LogP contribution in [0.3, 0.4) is 0 Å². The van der Waals surface area contributed by atoms with Crippen LogP contribution in [0.2, 0.25) is 0 Å². The van der Waals surface area contributed by atoms with Gasteiger partial charge in [-0.3, -0.25) is 0 Å². The Kier molecular flexibility index (Phi) is 5.32. The van der Waals surface area contributed by atoms with Crippen LogP contribution in [0.25, 0.3) is 0 Å². The lowest BCUT2D eigenvalue weighted by Crippen LogP contribution is -1.92. The normalized spacial score (nSPS) is 10.5. The molecule has 0 spiro atoms. The maximum Gasteiger partial charge on any atom is 0.365 e. The van der Waals surface area contributed by atoms with E-state index >= 15 is 0 Å². The second-order valence-electron chi connectivity index (χ2n) is 3.60. The van der Waals surface area contributed by atoms with Gasteiger partial charge in [-0.25, -0.2) is 9.78 Å². The Morgan fingerprint density at radius 1 is 1.40 bits per heavy atom. The highest BCUT2D eigenvalue weighted by Crippen LogP contribution is 2.16. The van der Waals surface area contributed by atoms with Crippen LogP contribution in [0.4, 0.5) is 0 Å². The number of aromatic carboxylic acids is 1. The molecule has 1 aromatic heterocycles. The van der Waals surface area contributed by atoms with Gasteiger partial charge in [-0.15, -0.1) is 11.3 Å². The van der Waals surface area contributed by atoms with Gasteiger partial charge in [0.1, 0.15) is 0 Å². The first-order chi connectivity index (χ1) is 7.24. The van der Waals surface area contributed by atoms with Gasteiger partial charge in [0, 0.05) is 11.1 Å². The molecule has 1 rings (SSSR count). The number of aromatic nitrogens is 1. The Bertz CT molecular complexity index is 309. The molecule has 0 amide bonds. The summed E-state index contributed by atoms with van der Waals surface area (Å²) < 4.78 is 0. The molecule has 0 bridgehead atoms. The van der Waals surface area contributed by atoms with Crippen LogP contribution in [-0.4, -0.2) is 16.1 Å². The number of carbonyl (C=O) groups is 1. The average molecular weight is 227 g/mol. The van der Waals surface area contributed by atoms with Crippen molar-refractivity contribution < 1.29 is 9.90 Å². The molecule has 15 heavy (non-hydrogen) atoms. The van der Waals surface area contributed by atoms with Crippen LogP contribution in [0.15, 0.2) is 6.20 Å². The molecular formula is C11H17NO2S. The highest BCUT2D eigenvalue weighted by Gasteiger charge is 2.08. The zero-order valence-electron chi connectivity index (χ0n) is 9.03. The summed E-state index contributed by atoms with van der Waals surface area (Å²) in [6, 6.07) is 0. The first kappa shape index (κ1) is 12.2. The van der Waals surface area contributed by atoms with Crippen molar-refractivity contribution in [1.82, 2.24) is 4.98 Å². The molecule has 0 aliphatic carbocycles. The van der Waals surface area contributed by atoms with Crippen LogP contribution in [-0.2, 0) is 6.42 Å². The van der Waals surface area contributed by atoms with E-state index in [4.69, 9.17) is 5.11 Å². The van der Waals surface area contributed by atoms with Crippen LogP contribution in [0, 0.1) is 0 Å². The summed E-state index contributed by atoms with van der Waals surface area (Å²) in [5.41, 5.74) is 0. The van der Waals surface area contributed by atoms with Crippen molar-refractivity contribution in [2.45, 2.75) is 45.4 Å². The quantitative estimate of drug-likeness (QED) is 0.727. The molecule has 4 heteroatoms. The zero-order chi connectivity index (χ0) is 11.1. The maximum absolute atomic E-state index is 10.6. The maximum atomic E-state index is 10.6. The summed E-state index contributed by atoms with van der Waals surface area (Å²) in [5.74, 6) is -0.919. The molecular weight excluding hydrogens is 210 g/mol. The molecule has 0 saturated heterocycles. The summed E-state index contributed by atoms with van der Waals surface area (Å²) in [6.45, 7) is 2.20. The SMILES string of the molecule is CCCCCCCc1cnc(C(=O)O)s1. The Balaban J connectivity index is 2.23. The van der Waals surface area contributed by atoms with Gasteiger partial charge in [-0.05, 0) is 12.8 Å². The van der Waals surface area contributed by atoms with Gasteiger partial charge in [0.15, 0.2) is 0 Å². The fourth-order valence-corrected chi connectivity index (χ4v) is 2.22. The van der Waals surface area contributed by atoms with E-state index in [0.29, 0.717) is 0 Å². The van der Waals surface area contributed by atoms with Crippen LogP contribution >= 0.6 is 11.3 Å². The van der Waals surface area contributed by atoms with E-state index < -0.39 is 5.97 Å². The van der Waals surface area contributed by atoms with E-state index in [-0.39, 0.29) is 5.01 Å². The fourth-order valence-electron chi connectivity index (χ4n) is 1.42. The standard InChI is InChI=1S/C11H17NO2S/c1-2-3-4-5-6-7-9-8-12-10(15-9)11(13)14/h8H,2-7H2,1H3,(H,13,14). The molecule has 1 aromatic rings. The van der Waals surface area contributed by atoms with Crippen molar-refractivity contribution in [2.24, 2.45) is 0 Å². The van der Waals surface area contributed by atoms with Crippen LogP contribution in [0.1, 0.15) is 53.7 Å². The van der Waals surface area contributed by atoms with Crippen LogP contribution < -0.4 is 0 Å². The molecule has 0 atom stereocenters. The van der Waals surface area contributed by atoms with Gasteiger partial charge in [-0.1, -0.05) is 32.6 Å². The lowest BCUT2D eigenvalue weighted by molar-refractivity contribution is 0.0696. The van der Waals surface area contributed by atoms with Gasteiger partial charge in [0.25, 0.3) is 0 Å². The van der Waals surface area contributed by atoms with Crippen molar-refractivity contribution in [1.29, 1.82) is 0 Å². The number of hydrogen-bond donors (Lipinski definition) is 1. The topological polar surface area (TPSA) is 50.2 Å². The Hall–Kier alpha value is -0.900. The minimum absolute atomic E-state index is 0.207. The van der Waals surface area contributed by atoms with Gasteiger partial charge < -0.3 is 5.11 Å². The molecule has 1 N–H and O–H groups in total. The molecule has 0 aliphatic rings.